The van der Waals surface area contributed by atoms with Gasteiger partial charge in [0.1, 0.15) is 11.5 Å². The third-order valence-electron chi connectivity index (χ3n) is 4.76. The van der Waals surface area contributed by atoms with E-state index >= 15 is 0 Å². The molecule has 3 heterocycles. The lowest BCUT2D eigenvalue weighted by Crippen LogP contribution is -2.43. The van der Waals surface area contributed by atoms with E-state index in [4.69, 9.17) is 4.42 Å². The highest BCUT2D eigenvalue weighted by atomic mass is 79.9. The molecule has 1 aliphatic rings. The van der Waals surface area contributed by atoms with Gasteiger partial charge in [0.2, 0.25) is 11.9 Å². The molecule has 2 aromatic heterocycles. The predicted octanol–water partition coefficient (Wildman–Crippen LogP) is 3.76. The van der Waals surface area contributed by atoms with E-state index in [0.29, 0.717) is 13.1 Å². The first-order chi connectivity index (χ1) is 12.6. The number of aromatic nitrogens is 2. The number of fused-ring (bicyclic) bond motifs is 1. The highest BCUT2D eigenvalue weighted by Gasteiger charge is 2.27. The largest absolute Gasteiger partial charge is 0.465 e. The van der Waals surface area contributed by atoms with Gasteiger partial charge >= 0.3 is 0 Å². The van der Waals surface area contributed by atoms with Gasteiger partial charge < -0.3 is 19.6 Å². The summed E-state index contributed by atoms with van der Waals surface area (Å²) in [5.41, 5.74) is 1.93. The van der Waals surface area contributed by atoms with Crippen LogP contribution in [0.2, 0.25) is 0 Å². The minimum Gasteiger partial charge on any atom is -0.465 e. The molecule has 1 saturated heterocycles. The van der Waals surface area contributed by atoms with Crippen LogP contribution in [-0.4, -0.2) is 29.0 Å². The van der Waals surface area contributed by atoms with Crippen molar-refractivity contribution in [1.29, 1.82) is 0 Å². The summed E-state index contributed by atoms with van der Waals surface area (Å²) in [5.74, 6) is 2.50. The van der Waals surface area contributed by atoms with Crippen LogP contribution in [0.5, 0.6) is 0 Å². The number of furan rings is 1. The predicted molar refractivity (Wildman–Crippen MR) is 104 cm³/mol. The standard InChI is InChI=1S/C19H21BrN4O2/c1-12-4-6-15(26-12)10-21-18(25)13-3-2-8-24(11-13)19-22-16-7-5-14(20)9-17(16)23-19/h4-7,9,13H,2-3,8,10-11H2,1H3,(H,21,25)(H,22,23)/t13-/m0/s1. The van der Waals surface area contributed by atoms with E-state index in [1.807, 2.05) is 37.3 Å². The van der Waals surface area contributed by atoms with Crippen molar-refractivity contribution >= 4 is 38.8 Å². The van der Waals surface area contributed by atoms with Crippen LogP contribution in [0.1, 0.15) is 24.4 Å². The maximum absolute atomic E-state index is 12.6. The monoisotopic (exact) mass is 416 g/mol. The van der Waals surface area contributed by atoms with Crippen LogP contribution in [-0.2, 0) is 11.3 Å². The number of imidazole rings is 1. The Bertz CT molecular complexity index is 933. The molecule has 0 spiro atoms. The van der Waals surface area contributed by atoms with Crippen LogP contribution in [0, 0.1) is 12.8 Å². The number of benzene rings is 1. The Morgan fingerprint density at radius 2 is 2.31 bits per heavy atom. The van der Waals surface area contributed by atoms with Crippen molar-refractivity contribution in [1.82, 2.24) is 15.3 Å². The van der Waals surface area contributed by atoms with Crippen LogP contribution >= 0.6 is 15.9 Å². The van der Waals surface area contributed by atoms with E-state index in [2.05, 4.69) is 36.1 Å². The molecule has 0 bridgehead atoms. The summed E-state index contributed by atoms with van der Waals surface area (Å²) in [6, 6.07) is 9.79. The molecule has 1 aliphatic heterocycles. The van der Waals surface area contributed by atoms with Crippen LogP contribution in [0.4, 0.5) is 5.95 Å². The molecule has 0 saturated carbocycles. The van der Waals surface area contributed by atoms with Gasteiger partial charge in [-0.3, -0.25) is 4.79 Å². The molecule has 4 rings (SSSR count). The minimum absolute atomic E-state index is 0.0419. The molecule has 136 valence electrons. The molecule has 6 nitrogen and oxygen atoms in total. The number of hydrogen-bond donors (Lipinski definition) is 2. The maximum Gasteiger partial charge on any atom is 0.225 e. The number of H-pyrrole nitrogens is 1. The zero-order valence-corrected chi connectivity index (χ0v) is 16.2. The lowest BCUT2D eigenvalue weighted by Gasteiger charge is -2.31. The topological polar surface area (TPSA) is 74.2 Å². The van der Waals surface area contributed by atoms with Gasteiger partial charge in [0, 0.05) is 17.6 Å². The second kappa shape index (κ2) is 7.15. The molecule has 2 N–H and O–H groups in total. The molecule has 0 unspecified atom stereocenters. The normalized spacial score (nSPS) is 17.6. The van der Waals surface area contributed by atoms with Gasteiger partial charge in [-0.15, -0.1) is 0 Å². The Morgan fingerprint density at radius 1 is 1.42 bits per heavy atom. The Kier molecular flexibility index (Phi) is 4.72. The average molecular weight is 417 g/mol. The van der Waals surface area contributed by atoms with Crippen LogP contribution in [0.3, 0.4) is 0 Å². The maximum atomic E-state index is 12.6. The lowest BCUT2D eigenvalue weighted by atomic mass is 9.97. The molecule has 26 heavy (non-hydrogen) atoms. The highest BCUT2D eigenvalue weighted by molar-refractivity contribution is 9.10. The third kappa shape index (κ3) is 3.62. The number of aryl methyl sites for hydroxylation is 1. The van der Waals surface area contributed by atoms with Gasteiger partial charge in [-0.1, -0.05) is 15.9 Å². The van der Waals surface area contributed by atoms with Crippen molar-refractivity contribution < 1.29 is 9.21 Å². The van der Waals surface area contributed by atoms with Crippen LogP contribution in [0.25, 0.3) is 11.0 Å². The van der Waals surface area contributed by atoms with Gasteiger partial charge in [-0.25, -0.2) is 4.98 Å². The van der Waals surface area contributed by atoms with Crippen molar-refractivity contribution in [2.24, 2.45) is 5.92 Å². The van der Waals surface area contributed by atoms with Crippen molar-refractivity contribution in [3.63, 3.8) is 0 Å². The van der Waals surface area contributed by atoms with Gasteiger partial charge in [0.05, 0.1) is 23.5 Å². The summed E-state index contributed by atoms with van der Waals surface area (Å²) in [5, 5.41) is 2.99. The lowest BCUT2D eigenvalue weighted by molar-refractivity contribution is -0.125. The summed E-state index contributed by atoms with van der Waals surface area (Å²) in [6.07, 6.45) is 1.87. The molecule has 0 aliphatic carbocycles. The third-order valence-corrected chi connectivity index (χ3v) is 5.25. The van der Waals surface area contributed by atoms with E-state index in [1.54, 1.807) is 0 Å². The second-order valence-electron chi connectivity index (χ2n) is 6.74. The Hall–Kier alpha value is -2.28. The van der Waals surface area contributed by atoms with Crippen molar-refractivity contribution in [2.45, 2.75) is 26.3 Å². The smallest absolute Gasteiger partial charge is 0.225 e. The zero-order chi connectivity index (χ0) is 18.1. The van der Waals surface area contributed by atoms with Crippen LogP contribution < -0.4 is 10.2 Å². The number of rotatable bonds is 4. The van der Waals surface area contributed by atoms with Crippen molar-refractivity contribution in [2.75, 3.05) is 18.0 Å². The van der Waals surface area contributed by atoms with Crippen molar-refractivity contribution in [3.05, 3.63) is 46.3 Å². The fourth-order valence-corrected chi connectivity index (χ4v) is 3.76. The van der Waals surface area contributed by atoms with E-state index < -0.39 is 0 Å². The summed E-state index contributed by atoms with van der Waals surface area (Å²) in [4.78, 5) is 22.8. The highest BCUT2D eigenvalue weighted by Crippen LogP contribution is 2.25. The number of halogens is 1. The Balaban J connectivity index is 1.41. The molecular weight excluding hydrogens is 396 g/mol. The molecule has 0 radical (unpaired) electrons. The van der Waals surface area contributed by atoms with Crippen molar-refractivity contribution in [3.8, 4) is 0 Å². The molecule has 1 aromatic carbocycles. The second-order valence-corrected chi connectivity index (χ2v) is 7.65. The fraction of sp³-hybridized carbons (Fsp3) is 0.368. The number of hydrogen-bond acceptors (Lipinski definition) is 4. The summed E-state index contributed by atoms with van der Waals surface area (Å²) in [7, 11) is 0. The zero-order valence-electron chi connectivity index (χ0n) is 14.6. The quantitative estimate of drug-likeness (QED) is 0.678. The Morgan fingerprint density at radius 3 is 3.12 bits per heavy atom. The number of anilines is 1. The summed E-state index contributed by atoms with van der Waals surface area (Å²) in [6.45, 7) is 3.91. The van der Waals surface area contributed by atoms with Gasteiger partial charge in [0.15, 0.2) is 0 Å². The van der Waals surface area contributed by atoms with Gasteiger partial charge in [-0.2, -0.15) is 0 Å². The summed E-state index contributed by atoms with van der Waals surface area (Å²) >= 11 is 3.48. The van der Waals surface area contributed by atoms with E-state index in [-0.39, 0.29) is 11.8 Å². The number of nitrogens with zero attached hydrogens (tertiary/aromatic N) is 2. The van der Waals surface area contributed by atoms with Crippen LogP contribution in [0.15, 0.2) is 39.2 Å². The molecule has 3 aromatic rings. The minimum atomic E-state index is -0.0419. The molecule has 1 fully saturated rings. The molecule has 1 amide bonds. The van der Waals surface area contributed by atoms with E-state index in [9.17, 15) is 4.79 Å². The first kappa shape index (κ1) is 17.1. The molecule has 1 atom stereocenters. The number of aromatic amines is 1. The number of nitrogens with one attached hydrogen (secondary N) is 2. The molecule has 7 heteroatoms. The average Bonchev–Trinajstić information content (AvgIpc) is 3.25. The number of piperidine rings is 1. The molecular formula is C19H21BrN4O2. The Labute approximate surface area is 160 Å². The first-order valence-electron chi connectivity index (χ1n) is 8.82. The fourth-order valence-electron chi connectivity index (χ4n) is 3.40. The number of carbonyl (C=O) groups excluding carboxylic acids is 1. The van der Waals surface area contributed by atoms with Gasteiger partial charge in [0.25, 0.3) is 0 Å². The first-order valence-corrected chi connectivity index (χ1v) is 9.61. The summed E-state index contributed by atoms with van der Waals surface area (Å²) < 4.78 is 6.53. The van der Waals surface area contributed by atoms with Gasteiger partial charge in [-0.05, 0) is 50.1 Å². The number of carbonyl (C=O) groups is 1. The van der Waals surface area contributed by atoms with E-state index in [0.717, 1.165) is 52.4 Å². The number of amides is 1. The SMILES string of the molecule is Cc1ccc(CNC(=O)[C@H]2CCCN(c3nc4ccc(Br)cc4[nH]3)C2)o1. The van der Waals surface area contributed by atoms with E-state index in [1.165, 1.54) is 0 Å².